The summed E-state index contributed by atoms with van der Waals surface area (Å²) in [6, 6.07) is 1.98. The van der Waals surface area contributed by atoms with Crippen molar-refractivity contribution < 1.29 is 4.79 Å². The third kappa shape index (κ3) is 3.06. The first-order chi connectivity index (χ1) is 7.45. The zero-order chi connectivity index (χ0) is 12.3. The summed E-state index contributed by atoms with van der Waals surface area (Å²) < 4.78 is 0. The van der Waals surface area contributed by atoms with E-state index in [9.17, 15) is 4.79 Å². The van der Waals surface area contributed by atoms with Gasteiger partial charge in [0.15, 0.2) is 0 Å². The van der Waals surface area contributed by atoms with E-state index in [0.717, 1.165) is 4.88 Å². The molecule has 1 atom stereocenters. The maximum Gasteiger partial charge on any atom is 0.261 e. The Labute approximate surface area is 101 Å². The molecule has 0 aliphatic carbocycles. The van der Waals surface area contributed by atoms with Crippen molar-refractivity contribution in [1.82, 2.24) is 5.32 Å². The van der Waals surface area contributed by atoms with Gasteiger partial charge in [0.05, 0.1) is 4.88 Å². The van der Waals surface area contributed by atoms with Crippen molar-refractivity contribution in [3.05, 3.63) is 21.4 Å². The lowest BCUT2D eigenvalue weighted by Gasteiger charge is -2.19. The van der Waals surface area contributed by atoms with E-state index in [1.807, 2.05) is 19.9 Å². The van der Waals surface area contributed by atoms with Gasteiger partial charge in [-0.3, -0.25) is 4.79 Å². The van der Waals surface area contributed by atoms with Crippen molar-refractivity contribution in [3.8, 4) is 0 Å². The molecule has 0 radical (unpaired) electrons. The molecule has 0 fully saturated rings. The van der Waals surface area contributed by atoms with Gasteiger partial charge in [0.1, 0.15) is 0 Å². The summed E-state index contributed by atoms with van der Waals surface area (Å²) in [6.07, 6.45) is 0. The highest BCUT2D eigenvalue weighted by Crippen LogP contribution is 2.20. The largest absolute Gasteiger partial charge is 0.347 e. The van der Waals surface area contributed by atoms with E-state index in [1.165, 1.54) is 21.8 Å². The normalized spacial score (nSPS) is 12.9. The van der Waals surface area contributed by atoms with Crippen LogP contribution in [0.15, 0.2) is 6.07 Å². The molecule has 0 saturated heterocycles. The highest BCUT2D eigenvalue weighted by Gasteiger charge is 2.17. The number of nitrogens with one attached hydrogen (secondary N) is 1. The molecule has 0 bridgehead atoms. The average molecular weight is 240 g/mol. The minimum atomic E-state index is -0.00894. The van der Waals surface area contributed by atoms with Crippen LogP contribution in [0.2, 0.25) is 0 Å². The van der Waals surface area contributed by atoms with Crippen LogP contribution in [0, 0.1) is 19.8 Å². The average Bonchev–Trinajstić information content (AvgIpc) is 2.55. The molecular formula is C12H20N2OS. The van der Waals surface area contributed by atoms with Crippen LogP contribution in [0.5, 0.6) is 0 Å². The Morgan fingerprint density at radius 3 is 2.50 bits per heavy atom. The summed E-state index contributed by atoms with van der Waals surface area (Å²) in [5, 5.41) is 2.97. The van der Waals surface area contributed by atoms with Gasteiger partial charge in [-0.2, -0.15) is 0 Å². The van der Waals surface area contributed by atoms with E-state index in [-0.39, 0.29) is 11.9 Å². The van der Waals surface area contributed by atoms with Crippen LogP contribution in [-0.4, -0.2) is 18.5 Å². The predicted octanol–water partition coefficient (Wildman–Crippen LogP) is 2.08. The molecule has 1 rings (SSSR count). The number of hydrogen-bond donors (Lipinski definition) is 2. The summed E-state index contributed by atoms with van der Waals surface area (Å²) in [4.78, 5) is 13.9. The maximum absolute atomic E-state index is 11.9. The van der Waals surface area contributed by atoms with E-state index in [1.54, 1.807) is 0 Å². The fraction of sp³-hybridized carbons (Fsp3) is 0.583. The summed E-state index contributed by atoms with van der Waals surface area (Å²) in [6.45, 7) is 8.64. The first-order valence-corrected chi connectivity index (χ1v) is 6.35. The molecular weight excluding hydrogens is 220 g/mol. The molecule has 3 nitrogen and oxygen atoms in total. The van der Waals surface area contributed by atoms with E-state index in [2.05, 4.69) is 19.2 Å². The van der Waals surface area contributed by atoms with Crippen molar-refractivity contribution in [1.29, 1.82) is 0 Å². The van der Waals surface area contributed by atoms with Crippen molar-refractivity contribution in [3.63, 3.8) is 0 Å². The van der Waals surface area contributed by atoms with Crippen molar-refractivity contribution in [2.24, 2.45) is 11.7 Å². The Bertz CT molecular complexity index is 352. The molecule has 90 valence electrons. The lowest BCUT2D eigenvalue weighted by Crippen LogP contribution is -2.43. The first-order valence-electron chi connectivity index (χ1n) is 5.53. The first kappa shape index (κ1) is 13.2. The van der Waals surface area contributed by atoms with Crippen molar-refractivity contribution in [2.45, 2.75) is 33.7 Å². The number of nitrogens with two attached hydrogens (primary N) is 1. The van der Waals surface area contributed by atoms with Gasteiger partial charge in [0.2, 0.25) is 0 Å². The summed E-state index contributed by atoms with van der Waals surface area (Å²) in [5.41, 5.74) is 6.79. The molecule has 0 spiro atoms. The van der Waals surface area contributed by atoms with E-state index < -0.39 is 0 Å². The lowest BCUT2D eigenvalue weighted by molar-refractivity contribution is 0.0932. The fourth-order valence-corrected chi connectivity index (χ4v) is 2.36. The van der Waals surface area contributed by atoms with Crippen LogP contribution in [0.1, 0.15) is 34.0 Å². The Hall–Kier alpha value is -0.870. The summed E-state index contributed by atoms with van der Waals surface area (Å²) in [7, 11) is 0. The quantitative estimate of drug-likeness (QED) is 0.846. The number of hydrogen-bond acceptors (Lipinski definition) is 3. The molecule has 4 heteroatoms. The zero-order valence-electron chi connectivity index (χ0n) is 10.3. The molecule has 3 N–H and O–H groups in total. The van der Waals surface area contributed by atoms with E-state index >= 15 is 0 Å². The molecule has 0 aliphatic rings. The molecule has 0 aliphatic heterocycles. The SMILES string of the molecule is Cc1cc(C(=O)NC(CN)C(C)C)sc1C. The molecule has 1 unspecified atom stereocenters. The molecule has 1 heterocycles. The second-order valence-corrected chi connectivity index (χ2v) is 5.67. The third-order valence-corrected chi connectivity index (χ3v) is 3.92. The Kier molecular flexibility index (Phi) is 4.50. The number of carbonyl (C=O) groups is 1. The predicted molar refractivity (Wildman–Crippen MR) is 68.9 cm³/mol. The van der Waals surface area contributed by atoms with Crippen LogP contribution < -0.4 is 11.1 Å². The number of thiophene rings is 1. The number of carbonyl (C=O) groups excluding carboxylic acids is 1. The number of amides is 1. The van der Waals surface area contributed by atoms with Crippen LogP contribution in [0.3, 0.4) is 0 Å². The molecule has 1 aromatic rings. The highest BCUT2D eigenvalue weighted by molar-refractivity contribution is 7.14. The lowest BCUT2D eigenvalue weighted by atomic mass is 10.0. The molecule has 1 amide bonds. The topological polar surface area (TPSA) is 55.1 Å². The maximum atomic E-state index is 11.9. The van der Waals surface area contributed by atoms with Gasteiger partial charge in [-0.05, 0) is 31.4 Å². The van der Waals surface area contributed by atoms with Gasteiger partial charge < -0.3 is 11.1 Å². The van der Waals surface area contributed by atoms with Crippen molar-refractivity contribution in [2.75, 3.05) is 6.54 Å². The second kappa shape index (κ2) is 5.46. The molecule has 0 aromatic carbocycles. The monoisotopic (exact) mass is 240 g/mol. The van der Waals surface area contributed by atoms with Crippen LogP contribution in [0.4, 0.5) is 0 Å². The third-order valence-electron chi connectivity index (χ3n) is 2.76. The van der Waals surface area contributed by atoms with Gasteiger partial charge in [-0.25, -0.2) is 0 Å². The molecule has 1 aromatic heterocycles. The zero-order valence-corrected chi connectivity index (χ0v) is 11.1. The number of rotatable bonds is 4. The van der Waals surface area contributed by atoms with Gasteiger partial charge in [0.25, 0.3) is 5.91 Å². The smallest absolute Gasteiger partial charge is 0.261 e. The molecule has 0 saturated carbocycles. The van der Waals surface area contributed by atoms with Crippen LogP contribution in [0.25, 0.3) is 0 Å². The van der Waals surface area contributed by atoms with Crippen LogP contribution in [-0.2, 0) is 0 Å². The fourth-order valence-electron chi connectivity index (χ4n) is 1.42. The minimum Gasteiger partial charge on any atom is -0.347 e. The van der Waals surface area contributed by atoms with Gasteiger partial charge in [-0.1, -0.05) is 13.8 Å². The standard InChI is InChI=1S/C12H20N2OS/c1-7(2)10(6-13)14-12(15)11-5-8(3)9(4)16-11/h5,7,10H,6,13H2,1-4H3,(H,14,15). The summed E-state index contributed by atoms with van der Waals surface area (Å²) >= 11 is 1.53. The van der Waals surface area contributed by atoms with E-state index in [4.69, 9.17) is 5.73 Å². The van der Waals surface area contributed by atoms with E-state index in [0.29, 0.717) is 12.5 Å². The number of aryl methyl sites for hydroxylation is 2. The minimum absolute atomic E-state index is 0.00894. The van der Waals surface area contributed by atoms with Crippen molar-refractivity contribution >= 4 is 17.2 Å². The second-order valence-electron chi connectivity index (χ2n) is 4.41. The Morgan fingerprint density at radius 2 is 2.12 bits per heavy atom. The summed E-state index contributed by atoms with van der Waals surface area (Å²) in [5.74, 6) is 0.349. The van der Waals surface area contributed by atoms with Crippen LogP contribution >= 0.6 is 11.3 Å². The Morgan fingerprint density at radius 1 is 1.50 bits per heavy atom. The van der Waals surface area contributed by atoms with Gasteiger partial charge in [-0.15, -0.1) is 11.3 Å². The molecule has 16 heavy (non-hydrogen) atoms. The van der Waals surface area contributed by atoms with Gasteiger partial charge in [0, 0.05) is 17.5 Å². The Balaban J connectivity index is 2.71. The highest BCUT2D eigenvalue weighted by atomic mass is 32.1. The van der Waals surface area contributed by atoms with Gasteiger partial charge >= 0.3 is 0 Å².